The third-order valence-corrected chi connectivity index (χ3v) is 7.02. The number of hydrogen-bond donors (Lipinski definition) is 2. The van der Waals surface area contributed by atoms with Crippen molar-refractivity contribution in [1.82, 2.24) is 25.3 Å². The average Bonchev–Trinajstić information content (AvgIpc) is 3.56. The first-order valence-corrected chi connectivity index (χ1v) is 12.4. The summed E-state index contributed by atoms with van der Waals surface area (Å²) in [5, 5.41) is 19.1. The van der Waals surface area contributed by atoms with Crippen LogP contribution in [0.1, 0.15) is 41.2 Å². The largest absolute Gasteiger partial charge is 0.490 e. The van der Waals surface area contributed by atoms with Gasteiger partial charge in [0.15, 0.2) is 10.9 Å². The van der Waals surface area contributed by atoms with Gasteiger partial charge >= 0.3 is 12.1 Å². The Labute approximate surface area is 219 Å². The van der Waals surface area contributed by atoms with Gasteiger partial charge in [0.25, 0.3) is 5.91 Å². The molecule has 0 bridgehead atoms. The van der Waals surface area contributed by atoms with Gasteiger partial charge in [-0.3, -0.25) is 15.2 Å². The van der Waals surface area contributed by atoms with Gasteiger partial charge in [0.2, 0.25) is 5.82 Å². The maximum absolute atomic E-state index is 13.0. The molecule has 1 amide bonds. The van der Waals surface area contributed by atoms with Crippen LogP contribution in [0, 0.1) is 11.3 Å². The molecule has 2 aromatic rings. The number of aliphatic carboxylic acids is 1. The summed E-state index contributed by atoms with van der Waals surface area (Å²) < 4.78 is 31.7. The van der Waals surface area contributed by atoms with E-state index in [1.807, 2.05) is 6.07 Å². The molecule has 2 aliphatic rings. The van der Waals surface area contributed by atoms with Crippen molar-refractivity contribution in [2.24, 2.45) is 0 Å². The summed E-state index contributed by atoms with van der Waals surface area (Å²) in [6.45, 7) is 3.74. The first kappa shape index (κ1) is 28.4. The number of alkyl halides is 3. The summed E-state index contributed by atoms with van der Waals surface area (Å²) in [5.74, 6) is -2.64. The minimum absolute atomic E-state index is 0.0155. The molecule has 1 aliphatic heterocycles. The number of carbonyl (C=O) groups excluding carboxylic acids is 1. The zero-order valence-electron chi connectivity index (χ0n) is 19.7. The molecule has 0 aromatic carbocycles. The van der Waals surface area contributed by atoms with Crippen LogP contribution in [-0.2, 0) is 4.79 Å². The van der Waals surface area contributed by atoms with Crippen molar-refractivity contribution >= 4 is 45.8 Å². The van der Waals surface area contributed by atoms with Gasteiger partial charge in [-0.15, -0.1) is 0 Å². The predicted octanol–water partition coefficient (Wildman–Crippen LogP) is 2.94. The molecule has 1 saturated carbocycles. The summed E-state index contributed by atoms with van der Waals surface area (Å²) in [6.07, 6.45) is 1.89. The van der Waals surface area contributed by atoms with E-state index in [4.69, 9.17) is 26.8 Å². The number of carbonyl (C=O) groups is 2. The van der Waals surface area contributed by atoms with E-state index in [1.165, 1.54) is 17.5 Å². The van der Waals surface area contributed by atoms with E-state index in [1.54, 1.807) is 11.2 Å². The maximum atomic E-state index is 13.0. The Morgan fingerprint density at radius 3 is 2.41 bits per heavy atom. The van der Waals surface area contributed by atoms with E-state index in [9.17, 15) is 18.0 Å². The fraction of sp³-hybridized carbons (Fsp3) is 0.524. The minimum atomic E-state index is -5.08. The number of halogens is 4. The molecule has 16 heteroatoms. The van der Waals surface area contributed by atoms with Crippen molar-refractivity contribution in [2.75, 3.05) is 43.1 Å². The van der Waals surface area contributed by atoms with Crippen LogP contribution in [0.4, 0.5) is 24.1 Å². The molecule has 0 unspecified atom stereocenters. The molecule has 1 saturated heterocycles. The first-order valence-electron chi connectivity index (χ1n) is 11.2. The number of nitriles is 1. The number of anilines is 2. The zero-order valence-corrected chi connectivity index (χ0v) is 21.3. The number of hydrazine groups is 1. The smallest absolute Gasteiger partial charge is 0.475 e. The van der Waals surface area contributed by atoms with Crippen LogP contribution < -0.4 is 15.3 Å². The minimum Gasteiger partial charge on any atom is -0.475 e. The number of hydrogen-bond acceptors (Lipinski definition) is 10. The molecule has 0 atom stereocenters. The number of nitrogens with zero attached hydrogens (tertiary/aromatic N) is 7. The van der Waals surface area contributed by atoms with Crippen molar-refractivity contribution in [3.05, 3.63) is 28.1 Å². The number of carboxylic acids is 1. The summed E-state index contributed by atoms with van der Waals surface area (Å²) in [6, 6.07) is 2.00. The van der Waals surface area contributed by atoms with E-state index < -0.39 is 12.1 Å². The highest BCUT2D eigenvalue weighted by molar-refractivity contribution is 7.17. The van der Waals surface area contributed by atoms with Crippen LogP contribution in [0.2, 0.25) is 5.02 Å². The van der Waals surface area contributed by atoms with Crippen LogP contribution in [0.25, 0.3) is 0 Å². The van der Waals surface area contributed by atoms with Gasteiger partial charge in [0, 0.05) is 26.2 Å². The lowest BCUT2D eigenvalue weighted by Crippen LogP contribution is -2.48. The summed E-state index contributed by atoms with van der Waals surface area (Å²) >= 11 is 7.71. The van der Waals surface area contributed by atoms with Gasteiger partial charge in [-0.05, 0) is 19.9 Å². The molecule has 11 nitrogen and oxygen atoms in total. The molecule has 0 radical (unpaired) electrons. The lowest BCUT2D eigenvalue weighted by Gasteiger charge is -2.32. The second-order valence-corrected chi connectivity index (χ2v) is 9.74. The molecule has 37 heavy (non-hydrogen) atoms. The molecule has 1 aliphatic carbocycles. The highest BCUT2D eigenvalue weighted by atomic mass is 35.5. The summed E-state index contributed by atoms with van der Waals surface area (Å²) in [4.78, 5) is 39.6. The second kappa shape index (κ2) is 12.3. The number of rotatable bonds is 5. The third-order valence-electron chi connectivity index (χ3n) is 5.70. The molecule has 200 valence electrons. The Bertz CT molecular complexity index is 1140. The first-order chi connectivity index (χ1) is 17.5. The van der Waals surface area contributed by atoms with Gasteiger partial charge in [-0.2, -0.15) is 23.4 Å². The monoisotopic (exact) mass is 560 g/mol. The van der Waals surface area contributed by atoms with Gasteiger partial charge < -0.3 is 14.9 Å². The van der Waals surface area contributed by atoms with Crippen molar-refractivity contribution < 1.29 is 27.9 Å². The van der Waals surface area contributed by atoms with Crippen molar-refractivity contribution in [1.29, 1.82) is 5.26 Å². The number of amides is 1. The zero-order chi connectivity index (χ0) is 27.2. The van der Waals surface area contributed by atoms with E-state index in [0.717, 1.165) is 57.0 Å². The lowest BCUT2D eigenvalue weighted by molar-refractivity contribution is -0.192. The summed E-state index contributed by atoms with van der Waals surface area (Å²) in [5.41, 5.74) is 2.96. The van der Waals surface area contributed by atoms with Crippen molar-refractivity contribution in [3.63, 3.8) is 0 Å². The molecule has 2 aromatic heterocycles. The van der Waals surface area contributed by atoms with Gasteiger partial charge in [-0.25, -0.2) is 14.8 Å². The van der Waals surface area contributed by atoms with E-state index in [0.29, 0.717) is 15.7 Å². The Hall–Kier alpha value is -3.22. The molecule has 0 spiro atoms. The molecule has 4 rings (SSSR count). The molecule has 2 fully saturated rings. The second-order valence-electron chi connectivity index (χ2n) is 8.33. The SMILES string of the molecule is CN1CCN(c2ncc(C(=O)NN(c3nc(C#N)ncc3Cl)C3CCCC3)s2)CC1.O=C(O)C(F)(F)F. The number of nitrogens with one attached hydrogen (secondary N) is 1. The normalized spacial score (nSPS) is 16.5. The Balaban J connectivity index is 0.000000479. The van der Waals surface area contributed by atoms with Gasteiger partial charge in [0.05, 0.1) is 18.4 Å². The highest BCUT2D eigenvalue weighted by Crippen LogP contribution is 2.31. The Kier molecular flexibility index (Phi) is 9.46. The predicted molar refractivity (Wildman–Crippen MR) is 129 cm³/mol. The third kappa shape index (κ3) is 7.63. The van der Waals surface area contributed by atoms with Crippen molar-refractivity contribution in [2.45, 2.75) is 37.9 Å². The highest BCUT2D eigenvalue weighted by Gasteiger charge is 2.38. The van der Waals surface area contributed by atoms with E-state index in [-0.39, 0.29) is 17.8 Å². The number of likely N-dealkylation sites (N-methyl/N-ethyl adjacent to an activating group) is 1. The Morgan fingerprint density at radius 1 is 1.22 bits per heavy atom. The van der Waals surface area contributed by atoms with E-state index >= 15 is 0 Å². The van der Waals surface area contributed by atoms with E-state index in [2.05, 4.69) is 37.2 Å². The summed E-state index contributed by atoms with van der Waals surface area (Å²) in [7, 11) is 2.10. The standard InChI is InChI=1S/C19H23ClN8OS.C2HF3O2/c1-26-6-8-27(9-7-26)19-23-12-15(30-19)18(29)25-28(13-4-2-3-5-13)17-14(20)11-22-16(10-21)24-17;3-2(4,5)1(6)7/h11-13H,2-9H2,1H3,(H,25,29);(H,6,7). The molecular weight excluding hydrogens is 537 g/mol. The van der Waals surface area contributed by atoms with Crippen LogP contribution in [-0.4, -0.2) is 82.3 Å². The molecule has 3 heterocycles. The topological polar surface area (TPSA) is 139 Å². The average molecular weight is 561 g/mol. The van der Waals surface area contributed by atoms with Crippen LogP contribution >= 0.6 is 22.9 Å². The van der Waals surface area contributed by atoms with Crippen LogP contribution in [0.3, 0.4) is 0 Å². The van der Waals surface area contributed by atoms with Gasteiger partial charge in [-0.1, -0.05) is 35.8 Å². The number of thiazole rings is 1. The molecular formula is C21H24ClF3N8O3S. The lowest BCUT2D eigenvalue weighted by atomic mass is 10.2. The fourth-order valence-electron chi connectivity index (χ4n) is 3.74. The van der Waals surface area contributed by atoms with Crippen LogP contribution in [0.15, 0.2) is 12.4 Å². The van der Waals surface area contributed by atoms with Gasteiger partial charge in [0.1, 0.15) is 16.0 Å². The number of aromatic nitrogens is 3. The number of carboxylic acid groups (broad SMARTS) is 1. The molecule has 2 N–H and O–H groups in total. The maximum Gasteiger partial charge on any atom is 0.490 e. The quantitative estimate of drug-likeness (QED) is 0.525. The number of piperazine rings is 1. The Morgan fingerprint density at radius 2 is 1.84 bits per heavy atom. The van der Waals surface area contributed by atoms with Crippen molar-refractivity contribution in [3.8, 4) is 6.07 Å². The van der Waals surface area contributed by atoms with Crippen LogP contribution in [0.5, 0.6) is 0 Å². The fourth-order valence-corrected chi connectivity index (χ4v) is 4.78.